The molecule has 4 N–H and O–H groups in total. The molecule has 0 saturated heterocycles. The molecule has 214 valence electrons. The Bertz CT molecular complexity index is 1390. The molecule has 10 heteroatoms. The highest BCUT2D eigenvalue weighted by Crippen LogP contribution is 2.47. The van der Waals surface area contributed by atoms with E-state index in [4.69, 9.17) is 10.2 Å². The fourth-order valence-corrected chi connectivity index (χ4v) is 6.33. The molecule has 8 nitrogen and oxygen atoms in total. The summed E-state index contributed by atoms with van der Waals surface area (Å²) in [4.78, 5) is 26.1. The minimum absolute atomic E-state index is 0.00524. The lowest BCUT2D eigenvalue weighted by atomic mass is 9.69. The number of nitrogen functional groups attached to an aromatic ring is 1. The topological polar surface area (TPSA) is 123 Å². The molecule has 0 spiro atoms. The molecule has 3 aromatic heterocycles. The molecule has 1 aliphatic rings. The molecule has 0 bridgehead atoms. The Balaban J connectivity index is 1.62. The zero-order valence-electron chi connectivity index (χ0n) is 24.3. The molecule has 3 heterocycles. The fraction of sp³-hybridized carbons (Fsp3) is 0.467. The molecule has 0 unspecified atom stereocenters. The molecule has 0 aliphatic heterocycles. The van der Waals surface area contributed by atoms with Crippen molar-refractivity contribution in [3.05, 3.63) is 66.0 Å². The number of pyridine rings is 3. The number of anilines is 2. The van der Waals surface area contributed by atoms with Crippen molar-refractivity contribution in [3.63, 3.8) is 0 Å². The highest BCUT2D eigenvalue weighted by Gasteiger charge is 2.49. The van der Waals surface area contributed by atoms with Gasteiger partial charge in [0, 0.05) is 12.4 Å². The van der Waals surface area contributed by atoms with Crippen LogP contribution >= 0.6 is 0 Å². The van der Waals surface area contributed by atoms with Gasteiger partial charge in [-0.2, -0.15) is 0 Å². The largest absolute Gasteiger partial charge is 0.411 e. The Kier molecular flexibility index (Phi) is 8.17. The number of nitrogens with zero attached hydrogens (tertiary/aromatic N) is 3. The standard InChI is InChI=1S/C30H40FN5O3Si/c1-18-15-19(16-25(30(18,5)38)39-40(6,7)29(2,3)4)20-12-14-33-17-24(20)36-28(37)27-22(32)10-11-23(35-27)26-21(31)9-8-13-34-26/h8-14,17-19,25,38H,15-16,32H2,1-7H3,(H,36,37)/t18-,19+,25+,30+/m0/s1. The van der Waals surface area contributed by atoms with Gasteiger partial charge in [-0.25, -0.2) is 9.37 Å². The predicted octanol–water partition coefficient (Wildman–Crippen LogP) is 6.17. The number of hydrogen-bond acceptors (Lipinski definition) is 7. The summed E-state index contributed by atoms with van der Waals surface area (Å²) >= 11 is 0. The minimum Gasteiger partial charge on any atom is -0.411 e. The van der Waals surface area contributed by atoms with Gasteiger partial charge in [-0.15, -0.1) is 0 Å². The van der Waals surface area contributed by atoms with Crippen molar-refractivity contribution in [2.75, 3.05) is 11.1 Å². The number of nitrogens with two attached hydrogens (primary N) is 1. The van der Waals surface area contributed by atoms with Gasteiger partial charge in [0.2, 0.25) is 0 Å². The molecule has 1 saturated carbocycles. The number of hydrogen-bond donors (Lipinski definition) is 3. The summed E-state index contributed by atoms with van der Waals surface area (Å²) in [5.41, 5.74) is 6.93. The van der Waals surface area contributed by atoms with E-state index in [0.29, 0.717) is 18.5 Å². The van der Waals surface area contributed by atoms with E-state index in [9.17, 15) is 14.3 Å². The van der Waals surface area contributed by atoms with Gasteiger partial charge in [-0.3, -0.25) is 14.8 Å². The number of carbonyl (C=O) groups excluding carboxylic acids is 1. The SMILES string of the molecule is C[C@H]1C[C@@H](c2ccncc2NC(=O)c2nc(-c3ncccc3F)ccc2N)C[C@@H](O[Si](C)(C)C(C)(C)C)[C@]1(C)O. The van der Waals surface area contributed by atoms with E-state index in [-0.39, 0.29) is 45.7 Å². The Labute approximate surface area is 236 Å². The summed E-state index contributed by atoms with van der Waals surface area (Å²) in [5, 5.41) is 14.4. The van der Waals surface area contributed by atoms with Crippen LogP contribution in [0.15, 0.2) is 48.9 Å². The van der Waals surface area contributed by atoms with E-state index in [1.165, 1.54) is 30.5 Å². The third-order valence-corrected chi connectivity index (χ3v) is 13.2. The van der Waals surface area contributed by atoms with Crippen LogP contribution in [0.5, 0.6) is 0 Å². The van der Waals surface area contributed by atoms with E-state index >= 15 is 0 Å². The van der Waals surface area contributed by atoms with Crippen molar-refractivity contribution in [1.82, 2.24) is 15.0 Å². The molecule has 4 atom stereocenters. The highest BCUT2D eigenvalue weighted by atomic mass is 28.4. The average molecular weight is 566 g/mol. The zero-order chi connectivity index (χ0) is 29.5. The Hall–Kier alpha value is -3.21. The van der Waals surface area contributed by atoms with Crippen molar-refractivity contribution in [2.24, 2.45) is 5.92 Å². The monoisotopic (exact) mass is 565 g/mol. The number of aromatic nitrogens is 3. The van der Waals surface area contributed by atoms with E-state index in [2.05, 4.69) is 54.1 Å². The van der Waals surface area contributed by atoms with Crippen molar-refractivity contribution >= 4 is 25.6 Å². The van der Waals surface area contributed by atoms with Crippen LogP contribution in [-0.2, 0) is 4.43 Å². The molecule has 1 aliphatic carbocycles. The van der Waals surface area contributed by atoms with Crippen LogP contribution in [-0.4, -0.2) is 46.0 Å². The van der Waals surface area contributed by atoms with Crippen LogP contribution in [0, 0.1) is 11.7 Å². The van der Waals surface area contributed by atoms with Crippen LogP contribution in [0.4, 0.5) is 15.8 Å². The first-order valence-electron chi connectivity index (χ1n) is 13.6. The van der Waals surface area contributed by atoms with Crippen molar-refractivity contribution in [2.45, 2.75) is 83.2 Å². The van der Waals surface area contributed by atoms with Crippen LogP contribution in [0.2, 0.25) is 18.1 Å². The fourth-order valence-electron chi connectivity index (χ4n) is 4.93. The quantitative estimate of drug-likeness (QED) is 0.306. The third kappa shape index (κ3) is 5.94. The second-order valence-corrected chi connectivity index (χ2v) is 17.3. The molecular formula is C30H40FN5O3Si. The molecular weight excluding hydrogens is 525 g/mol. The second kappa shape index (κ2) is 11.0. The van der Waals surface area contributed by atoms with Crippen molar-refractivity contribution in [1.29, 1.82) is 0 Å². The second-order valence-electron chi connectivity index (χ2n) is 12.5. The van der Waals surface area contributed by atoms with Crippen LogP contribution in [0.25, 0.3) is 11.4 Å². The van der Waals surface area contributed by atoms with Gasteiger partial charge < -0.3 is 20.6 Å². The van der Waals surface area contributed by atoms with Gasteiger partial charge in [0.15, 0.2) is 19.8 Å². The van der Waals surface area contributed by atoms with E-state index < -0.39 is 25.6 Å². The number of halogens is 1. The third-order valence-electron chi connectivity index (χ3n) is 8.71. The zero-order valence-corrected chi connectivity index (χ0v) is 25.3. The van der Waals surface area contributed by atoms with Crippen molar-refractivity contribution < 1.29 is 18.7 Å². The summed E-state index contributed by atoms with van der Waals surface area (Å²) < 4.78 is 21.1. The Morgan fingerprint density at radius 3 is 2.60 bits per heavy atom. The molecule has 0 aromatic carbocycles. The smallest absolute Gasteiger partial charge is 0.276 e. The van der Waals surface area contributed by atoms with Crippen molar-refractivity contribution in [3.8, 4) is 11.4 Å². The van der Waals surface area contributed by atoms with Gasteiger partial charge in [-0.05, 0) is 85.6 Å². The number of aliphatic hydroxyl groups is 1. The molecule has 1 amide bonds. The summed E-state index contributed by atoms with van der Waals surface area (Å²) in [6, 6.07) is 7.72. The molecule has 0 radical (unpaired) electrons. The van der Waals surface area contributed by atoms with Crippen LogP contribution in [0.1, 0.15) is 69.4 Å². The summed E-state index contributed by atoms with van der Waals surface area (Å²) in [7, 11) is -2.17. The molecule has 4 rings (SSSR count). The molecule has 40 heavy (non-hydrogen) atoms. The Morgan fingerprint density at radius 1 is 1.20 bits per heavy atom. The van der Waals surface area contributed by atoms with Crippen LogP contribution < -0.4 is 11.1 Å². The minimum atomic E-state index is -2.17. The van der Waals surface area contributed by atoms with Gasteiger partial charge >= 0.3 is 0 Å². The Morgan fingerprint density at radius 2 is 1.93 bits per heavy atom. The van der Waals surface area contributed by atoms with Gasteiger partial charge in [-0.1, -0.05) is 27.7 Å². The summed E-state index contributed by atoms with van der Waals surface area (Å²) in [6.45, 7) is 14.9. The first-order valence-corrected chi connectivity index (χ1v) is 16.6. The van der Waals surface area contributed by atoms with Gasteiger partial charge in [0.05, 0.1) is 35.0 Å². The number of carbonyl (C=O) groups is 1. The maximum atomic E-state index is 14.3. The summed E-state index contributed by atoms with van der Waals surface area (Å²) in [6.07, 6.45) is 5.72. The molecule has 1 fully saturated rings. The normalized spacial score (nSPS) is 23.6. The van der Waals surface area contributed by atoms with E-state index in [1.807, 2.05) is 19.9 Å². The molecule has 3 aromatic rings. The maximum Gasteiger partial charge on any atom is 0.276 e. The highest BCUT2D eigenvalue weighted by molar-refractivity contribution is 6.74. The average Bonchev–Trinajstić information content (AvgIpc) is 2.87. The lowest BCUT2D eigenvalue weighted by molar-refractivity contribution is -0.117. The van der Waals surface area contributed by atoms with Crippen LogP contribution in [0.3, 0.4) is 0 Å². The first-order chi connectivity index (χ1) is 18.6. The lowest BCUT2D eigenvalue weighted by Crippen LogP contribution is -2.56. The maximum absolute atomic E-state index is 14.3. The lowest BCUT2D eigenvalue weighted by Gasteiger charge is -2.50. The number of rotatable bonds is 6. The van der Waals surface area contributed by atoms with Gasteiger partial charge in [0.25, 0.3) is 5.91 Å². The van der Waals surface area contributed by atoms with E-state index in [0.717, 1.165) is 5.56 Å². The number of nitrogens with one attached hydrogen (secondary N) is 1. The van der Waals surface area contributed by atoms with E-state index in [1.54, 1.807) is 12.4 Å². The van der Waals surface area contributed by atoms with Gasteiger partial charge in [0.1, 0.15) is 5.69 Å². The summed E-state index contributed by atoms with van der Waals surface area (Å²) in [5.74, 6) is -1.10. The predicted molar refractivity (Wildman–Crippen MR) is 158 cm³/mol. The number of amides is 1. The first kappa shape index (κ1) is 29.8.